The Morgan fingerprint density at radius 3 is 1.71 bits per heavy atom. The fourth-order valence-electron chi connectivity index (χ4n) is 5.77. The van der Waals surface area contributed by atoms with E-state index in [-0.39, 0.29) is 11.5 Å². The average molecular weight is 724 g/mol. The quantitative estimate of drug-likeness (QED) is 0.0890. The van der Waals surface area contributed by atoms with Crippen LogP contribution in [0.2, 0.25) is 0 Å². The molecule has 3 aromatic rings. The summed E-state index contributed by atoms with van der Waals surface area (Å²) in [6.45, 7) is 13.9. The average Bonchev–Trinajstić information content (AvgIpc) is 3.15. The topological polar surface area (TPSA) is 99.6 Å². The second kappa shape index (κ2) is 23.9. The summed E-state index contributed by atoms with van der Waals surface area (Å²) < 4.78 is 45.3. The van der Waals surface area contributed by atoms with Gasteiger partial charge in [-0.25, -0.2) is 9.97 Å². The normalized spacial score (nSPS) is 16.6. The number of nitrogens with zero attached hydrogens (tertiary/aromatic N) is 2. The molecule has 0 amide bonds. The van der Waals surface area contributed by atoms with E-state index >= 15 is 0 Å². The van der Waals surface area contributed by atoms with E-state index in [2.05, 4.69) is 80.4 Å². The van der Waals surface area contributed by atoms with Crippen LogP contribution in [-0.4, -0.2) is 112 Å². The standard InChI is InChI=1S/C40H59N2O8Si/c1-40(2,3)34-12-16-38(17-13-34)51(37-8-6-5-7-9-37)50-32-35-18-19-41-39(42-35)33-10-14-36(15-11-33)49-31-30-48-29-28-47-27-26-46-25-24-45-23-22-44-21-20-43-4/h5-9,12-13,16-19,33,36H,10-11,14-15,20-32H2,1-4H3. The van der Waals surface area contributed by atoms with Crippen molar-refractivity contribution in [3.05, 3.63) is 83.9 Å². The van der Waals surface area contributed by atoms with Crippen LogP contribution in [0.5, 0.6) is 0 Å². The van der Waals surface area contributed by atoms with Crippen LogP contribution in [0.15, 0.2) is 66.9 Å². The summed E-state index contributed by atoms with van der Waals surface area (Å²) in [6, 6.07) is 21.5. The predicted molar refractivity (Wildman–Crippen MR) is 200 cm³/mol. The van der Waals surface area contributed by atoms with Crippen LogP contribution in [-0.2, 0) is 49.6 Å². The minimum absolute atomic E-state index is 0.113. The third-order valence-corrected chi connectivity index (χ3v) is 10.8. The van der Waals surface area contributed by atoms with Gasteiger partial charge in [-0.1, -0.05) is 75.4 Å². The molecule has 4 rings (SSSR count). The number of hydrogen-bond acceptors (Lipinski definition) is 10. The van der Waals surface area contributed by atoms with Gasteiger partial charge < -0.3 is 37.6 Å². The molecule has 1 radical (unpaired) electrons. The SMILES string of the molecule is COCCOCCOCCOCCOCCOCCOC1CCC(c2nccc(CO[Si](c3ccccc3)c3ccc(C(C)(C)C)cc3)n2)CC1. The Morgan fingerprint density at radius 1 is 0.627 bits per heavy atom. The predicted octanol–water partition coefficient (Wildman–Crippen LogP) is 4.87. The van der Waals surface area contributed by atoms with Gasteiger partial charge in [0.05, 0.1) is 97.7 Å². The van der Waals surface area contributed by atoms with Crippen molar-refractivity contribution in [1.29, 1.82) is 0 Å². The Morgan fingerprint density at radius 2 is 1.16 bits per heavy atom. The van der Waals surface area contributed by atoms with Crippen LogP contribution in [0.3, 0.4) is 0 Å². The summed E-state index contributed by atoms with van der Waals surface area (Å²) >= 11 is 0. The molecule has 11 heteroatoms. The molecule has 281 valence electrons. The van der Waals surface area contributed by atoms with Crippen molar-refractivity contribution in [2.45, 2.75) is 70.5 Å². The molecule has 0 spiro atoms. The van der Waals surface area contributed by atoms with E-state index < -0.39 is 9.04 Å². The van der Waals surface area contributed by atoms with E-state index in [0.29, 0.717) is 91.8 Å². The zero-order chi connectivity index (χ0) is 36.0. The zero-order valence-electron chi connectivity index (χ0n) is 31.2. The van der Waals surface area contributed by atoms with Gasteiger partial charge in [-0.2, -0.15) is 0 Å². The molecule has 10 nitrogen and oxygen atoms in total. The number of methoxy groups -OCH3 is 1. The van der Waals surface area contributed by atoms with Crippen molar-refractivity contribution in [1.82, 2.24) is 9.97 Å². The lowest BCUT2D eigenvalue weighted by atomic mass is 9.87. The molecule has 0 unspecified atom stereocenters. The molecule has 1 aliphatic carbocycles. The van der Waals surface area contributed by atoms with Crippen molar-refractivity contribution in [2.75, 3.05) is 86.4 Å². The van der Waals surface area contributed by atoms with Gasteiger partial charge in [0.1, 0.15) is 5.82 Å². The fourth-order valence-corrected chi connectivity index (χ4v) is 7.69. The van der Waals surface area contributed by atoms with Gasteiger partial charge in [-0.15, -0.1) is 0 Å². The summed E-state index contributed by atoms with van der Waals surface area (Å²) in [4.78, 5) is 9.63. The van der Waals surface area contributed by atoms with Gasteiger partial charge in [0, 0.05) is 19.2 Å². The number of benzene rings is 2. The van der Waals surface area contributed by atoms with Gasteiger partial charge in [0.25, 0.3) is 9.04 Å². The maximum absolute atomic E-state index is 6.67. The highest BCUT2D eigenvalue weighted by atomic mass is 28.3. The van der Waals surface area contributed by atoms with E-state index in [1.807, 2.05) is 12.3 Å². The lowest BCUT2D eigenvalue weighted by Crippen LogP contribution is -2.45. The Kier molecular flexibility index (Phi) is 19.3. The Balaban J connectivity index is 1.06. The first-order chi connectivity index (χ1) is 24.9. The first kappa shape index (κ1) is 41.2. The molecule has 51 heavy (non-hydrogen) atoms. The number of hydrogen-bond donors (Lipinski definition) is 0. The first-order valence-electron chi connectivity index (χ1n) is 18.4. The minimum atomic E-state index is -1.44. The molecular formula is C40H59N2O8Si. The Labute approximate surface area is 307 Å². The molecule has 1 heterocycles. The van der Waals surface area contributed by atoms with E-state index in [9.17, 15) is 0 Å². The highest BCUT2D eigenvalue weighted by Gasteiger charge is 2.26. The summed E-state index contributed by atoms with van der Waals surface area (Å²) in [5.41, 5.74) is 2.36. The van der Waals surface area contributed by atoms with Crippen LogP contribution in [0.4, 0.5) is 0 Å². The van der Waals surface area contributed by atoms with Gasteiger partial charge in [0.2, 0.25) is 0 Å². The van der Waals surface area contributed by atoms with Crippen LogP contribution in [0, 0.1) is 0 Å². The highest BCUT2D eigenvalue weighted by molar-refractivity contribution is 6.80. The van der Waals surface area contributed by atoms with Crippen LogP contribution in [0.25, 0.3) is 0 Å². The van der Waals surface area contributed by atoms with Gasteiger partial charge in [-0.05, 0) is 53.1 Å². The monoisotopic (exact) mass is 723 g/mol. The zero-order valence-corrected chi connectivity index (χ0v) is 32.2. The van der Waals surface area contributed by atoms with Crippen molar-refractivity contribution in [3.63, 3.8) is 0 Å². The molecular weight excluding hydrogens is 665 g/mol. The van der Waals surface area contributed by atoms with Crippen molar-refractivity contribution < 1.29 is 37.6 Å². The van der Waals surface area contributed by atoms with E-state index in [1.165, 1.54) is 15.9 Å². The van der Waals surface area contributed by atoms with Crippen molar-refractivity contribution >= 4 is 19.4 Å². The molecule has 0 bridgehead atoms. The molecule has 0 aliphatic heterocycles. The summed E-state index contributed by atoms with van der Waals surface area (Å²) in [7, 11) is 0.216. The summed E-state index contributed by atoms with van der Waals surface area (Å²) in [5.74, 6) is 1.25. The summed E-state index contributed by atoms with van der Waals surface area (Å²) in [5, 5.41) is 2.47. The van der Waals surface area contributed by atoms with Crippen LogP contribution >= 0.6 is 0 Å². The van der Waals surface area contributed by atoms with E-state index in [0.717, 1.165) is 37.2 Å². The first-order valence-corrected chi connectivity index (χ1v) is 19.8. The number of ether oxygens (including phenoxy) is 7. The smallest absolute Gasteiger partial charge is 0.283 e. The molecule has 0 N–H and O–H groups in total. The molecule has 1 fully saturated rings. The fraction of sp³-hybridized carbons (Fsp3) is 0.600. The van der Waals surface area contributed by atoms with Gasteiger partial charge >= 0.3 is 0 Å². The van der Waals surface area contributed by atoms with Crippen LogP contribution < -0.4 is 10.4 Å². The third-order valence-electron chi connectivity index (χ3n) is 8.69. The molecule has 1 saturated carbocycles. The maximum Gasteiger partial charge on any atom is 0.283 e. The van der Waals surface area contributed by atoms with Gasteiger partial charge in [0.15, 0.2) is 0 Å². The highest BCUT2D eigenvalue weighted by Crippen LogP contribution is 2.32. The minimum Gasteiger partial charge on any atom is -0.401 e. The van der Waals surface area contributed by atoms with Crippen molar-refractivity contribution in [2.24, 2.45) is 0 Å². The number of rotatable bonds is 25. The second-order valence-electron chi connectivity index (χ2n) is 13.6. The third kappa shape index (κ3) is 15.9. The maximum atomic E-state index is 6.67. The molecule has 1 aromatic heterocycles. The molecule has 0 saturated heterocycles. The Bertz CT molecular complexity index is 1320. The van der Waals surface area contributed by atoms with E-state index in [1.54, 1.807) is 7.11 Å². The summed E-state index contributed by atoms with van der Waals surface area (Å²) in [6.07, 6.45) is 6.15. The Hall–Kier alpha value is -2.58. The molecule has 0 atom stereocenters. The lowest BCUT2D eigenvalue weighted by Gasteiger charge is -2.28. The van der Waals surface area contributed by atoms with Crippen LogP contribution in [0.1, 0.15) is 69.5 Å². The second-order valence-corrected chi connectivity index (χ2v) is 15.7. The largest absolute Gasteiger partial charge is 0.401 e. The van der Waals surface area contributed by atoms with Gasteiger partial charge in [-0.3, -0.25) is 0 Å². The lowest BCUT2D eigenvalue weighted by molar-refractivity contribution is -0.0326. The van der Waals surface area contributed by atoms with Crippen molar-refractivity contribution in [3.8, 4) is 0 Å². The molecule has 2 aromatic carbocycles. The van der Waals surface area contributed by atoms with E-state index in [4.69, 9.17) is 42.6 Å². The number of aromatic nitrogens is 2. The molecule has 1 aliphatic rings.